The summed E-state index contributed by atoms with van der Waals surface area (Å²) in [6.45, 7) is 8.28. The Morgan fingerprint density at radius 3 is 2.83 bits per heavy atom. The van der Waals surface area contributed by atoms with Gasteiger partial charge in [0.1, 0.15) is 10.5 Å². The summed E-state index contributed by atoms with van der Waals surface area (Å²) in [5.41, 5.74) is 0.840. The van der Waals surface area contributed by atoms with Crippen molar-refractivity contribution in [3.63, 3.8) is 0 Å². The number of piperidine rings is 1. The molecule has 0 N–H and O–H groups in total. The summed E-state index contributed by atoms with van der Waals surface area (Å²) >= 11 is 2.24. The topological polar surface area (TPSA) is 37.4 Å². The summed E-state index contributed by atoms with van der Waals surface area (Å²) in [5.74, 6) is 0.599. The van der Waals surface area contributed by atoms with Crippen LogP contribution in [0, 0.1) is 5.92 Å². The highest BCUT2D eigenvalue weighted by molar-refractivity contribution is 14.2. The van der Waals surface area contributed by atoms with Crippen LogP contribution in [0.15, 0.2) is 36.5 Å². The van der Waals surface area contributed by atoms with E-state index in [-0.39, 0.29) is 29.8 Å². The SMILES string of the molecule is C=C(/C=C\C=C/C)C1C(=O)C2(SI)CC3C(=O)CCC3N1C2C. The normalized spacial score (nSPS) is 42.8. The zero-order chi connectivity index (χ0) is 16.8. The van der Waals surface area contributed by atoms with E-state index in [2.05, 4.69) is 39.6 Å². The molecule has 3 nitrogen and oxygen atoms in total. The summed E-state index contributed by atoms with van der Waals surface area (Å²) in [5, 5.41) is 0. The fourth-order valence-corrected chi connectivity index (χ4v) is 7.46. The molecule has 0 radical (unpaired) electrons. The summed E-state index contributed by atoms with van der Waals surface area (Å²) in [6.07, 6.45) is 10.0. The number of carbonyl (C=O) groups is 2. The fraction of sp³-hybridized carbons (Fsp3) is 0.556. The largest absolute Gasteiger partial charge is 0.299 e. The van der Waals surface area contributed by atoms with Crippen LogP contribution < -0.4 is 0 Å². The van der Waals surface area contributed by atoms with Gasteiger partial charge in [0.2, 0.25) is 0 Å². The Morgan fingerprint density at radius 1 is 1.43 bits per heavy atom. The zero-order valence-corrected chi connectivity index (χ0v) is 16.5. The molecule has 2 bridgehead atoms. The summed E-state index contributed by atoms with van der Waals surface area (Å²) in [4.78, 5) is 27.9. The van der Waals surface area contributed by atoms with Crippen molar-refractivity contribution in [3.05, 3.63) is 36.5 Å². The van der Waals surface area contributed by atoms with Gasteiger partial charge < -0.3 is 0 Å². The molecule has 2 saturated heterocycles. The molecule has 0 aromatic carbocycles. The minimum absolute atomic E-state index is 0.0229. The lowest BCUT2D eigenvalue weighted by Gasteiger charge is -2.44. The summed E-state index contributed by atoms with van der Waals surface area (Å²) in [7, 11) is 1.60. The number of halogens is 1. The molecule has 3 aliphatic rings. The molecule has 0 aromatic heterocycles. The fourth-order valence-electron chi connectivity index (χ4n) is 4.49. The average Bonchev–Trinajstić information content (AvgIpc) is 2.95. The Hall–Kier alpha value is -0.400. The number of hydrogen-bond acceptors (Lipinski definition) is 4. The van der Waals surface area contributed by atoms with Crippen molar-refractivity contribution >= 4 is 41.7 Å². The van der Waals surface area contributed by atoms with Crippen molar-refractivity contribution in [1.29, 1.82) is 0 Å². The van der Waals surface area contributed by atoms with E-state index in [0.29, 0.717) is 18.6 Å². The Balaban J connectivity index is 2.00. The molecular formula is C18H22INO2S. The van der Waals surface area contributed by atoms with Gasteiger partial charge in [0.25, 0.3) is 0 Å². The van der Waals surface area contributed by atoms with Crippen LogP contribution in [0.5, 0.6) is 0 Å². The van der Waals surface area contributed by atoms with E-state index in [1.807, 2.05) is 31.2 Å². The number of carbonyl (C=O) groups excluding carboxylic acids is 2. The van der Waals surface area contributed by atoms with E-state index >= 15 is 0 Å². The molecule has 0 spiro atoms. The highest BCUT2D eigenvalue weighted by atomic mass is 127. The molecule has 2 aliphatic heterocycles. The summed E-state index contributed by atoms with van der Waals surface area (Å²) in [6, 6.07) is 0.0769. The third-order valence-corrected chi connectivity index (χ3v) is 9.00. The number of fused-ring (bicyclic) bond motifs is 4. The molecule has 6 unspecified atom stereocenters. The molecule has 3 fully saturated rings. The molecule has 5 heteroatoms. The van der Waals surface area contributed by atoms with Crippen molar-refractivity contribution in [2.45, 2.75) is 56.0 Å². The first-order valence-electron chi connectivity index (χ1n) is 8.10. The van der Waals surface area contributed by atoms with Crippen LogP contribution in [-0.4, -0.2) is 39.3 Å². The summed E-state index contributed by atoms with van der Waals surface area (Å²) < 4.78 is -0.468. The van der Waals surface area contributed by atoms with Crippen molar-refractivity contribution in [2.24, 2.45) is 5.92 Å². The Morgan fingerprint density at radius 2 is 2.17 bits per heavy atom. The molecule has 1 saturated carbocycles. The average molecular weight is 443 g/mol. The van der Waals surface area contributed by atoms with Crippen LogP contribution in [-0.2, 0) is 9.59 Å². The molecule has 124 valence electrons. The van der Waals surface area contributed by atoms with E-state index in [1.54, 1.807) is 8.93 Å². The first-order chi connectivity index (χ1) is 11.0. The number of rotatable bonds is 4. The van der Waals surface area contributed by atoms with Crippen LogP contribution in [0.25, 0.3) is 0 Å². The standard InChI is InChI=1S/C18H22INO2S/c1-4-5-6-7-11(2)16-17(22)18(23-19)10-13-14(8-9-15(13)21)20(16)12(18)3/h4-7,12-14,16H,2,8-10H2,1,3H3/b5-4-,7-6-. The molecule has 2 heterocycles. The van der Waals surface area contributed by atoms with Crippen LogP contribution in [0.4, 0.5) is 0 Å². The predicted molar refractivity (Wildman–Crippen MR) is 104 cm³/mol. The molecule has 0 amide bonds. The molecular weight excluding hydrogens is 421 g/mol. The quantitative estimate of drug-likeness (QED) is 0.488. The number of nitrogens with zero attached hydrogens (tertiary/aromatic N) is 1. The minimum Gasteiger partial charge on any atom is -0.299 e. The van der Waals surface area contributed by atoms with Crippen molar-refractivity contribution < 1.29 is 9.59 Å². The number of Topliss-reactive ketones (excluding diaryl/α,β-unsaturated/α-hetero) is 2. The van der Waals surface area contributed by atoms with Crippen LogP contribution >= 0.6 is 30.1 Å². The van der Waals surface area contributed by atoms with E-state index < -0.39 is 4.75 Å². The molecule has 0 aromatic rings. The van der Waals surface area contributed by atoms with Gasteiger partial charge in [-0.1, -0.05) is 39.8 Å². The predicted octanol–water partition coefficient (Wildman–Crippen LogP) is 3.89. The maximum Gasteiger partial charge on any atom is 0.172 e. The van der Waals surface area contributed by atoms with Crippen molar-refractivity contribution in [3.8, 4) is 0 Å². The first-order valence-corrected chi connectivity index (χ1v) is 11.5. The molecule has 6 atom stereocenters. The van der Waals surface area contributed by atoms with Crippen LogP contribution in [0.1, 0.15) is 33.1 Å². The van der Waals surface area contributed by atoms with Crippen molar-refractivity contribution in [2.75, 3.05) is 0 Å². The van der Waals surface area contributed by atoms with Crippen LogP contribution in [0.3, 0.4) is 0 Å². The van der Waals surface area contributed by atoms with Gasteiger partial charge in [0.15, 0.2) is 5.78 Å². The monoisotopic (exact) mass is 443 g/mol. The number of allylic oxidation sites excluding steroid dienone is 3. The lowest BCUT2D eigenvalue weighted by Crippen LogP contribution is -2.55. The second-order valence-corrected chi connectivity index (χ2v) is 8.90. The van der Waals surface area contributed by atoms with Gasteiger partial charge >= 0.3 is 0 Å². The molecule has 23 heavy (non-hydrogen) atoms. The molecule has 3 rings (SSSR count). The van der Waals surface area contributed by atoms with E-state index in [4.69, 9.17) is 0 Å². The van der Waals surface area contributed by atoms with E-state index in [9.17, 15) is 9.59 Å². The maximum absolute atomic E-state index is 13.3. The van der Waals surface area contributed by atoms with Gasteiger partial charge in [-0.05, 0) is 53.5 Å². The third-order valence-electron chi connectivity index (χ3n) is 5.66. The van der Waals surface area contributed by atoms with Gasteiger partial charge in [-0.2, -0.15) is 0 Å². The highest BCUT2D eigenvalue weighted by Gasteiger charge is 2.66. The van der Waals surface area contributed by atoms with Gasteiger partial charge in [0, 0.05) is 24.4 Å². The van der Waals surface area contributed by atoms with Gasteiger partial charge in [-0.25, -0.2) is 0 Å². The number of hydrogen-bond donors (Lipinski definition) is 0. The van der Waals surface area contributed by atoms with E-state index in [0.717, 1.165) is 12.0 Å². The number of ketones is 2. The zero-order valence-electron chi connectivity index (χ0n) is 13.5. The van der Waals surface area contributed by atoms with Crippen LogP contribution in [0.2, 0.25) is 0 Å². The van der Waals surface area contributed by atoms with Crippen molar-refractivity contribution in [1.82, 2.24) is 4.90 Å². The highest BCUT2D eigenvalue weighted by Crippen LogP contribution is 2.57. The lowest BCUT2D eigenvalue weighted by atomic mass is 9.81. The smallest absolute Gasteiger partial charge is 0.172 e. The second-order valence-electron chi connectivity index (χ2n) is 6.70. The van der Waals surface area contributed by atoms with Gasteiger partial charge in [-0.15, -0.1) is 0 Å². The van der Waals surface area contributed by atoms with Gasteiger partial charge in [0.05, 0.1) is 6.04 Å². The second kappa shape index (κ2) is 6.48. The Labute approximate surface area is 154 Å². The lowest BCUT2D eigenvalue weighted by molar-refractivity contribution is -0.123. The third kappa shape index (κ3) is 2.50. The Kier molecular flexibility index (Phi) is 4.91. The van der Waals surface area contributed by atoms with Gasteiger partial charge in [-0.3, -0.25) is 14.5 Å². The first kappa shape index (κ1) is 17.4. The maximum atomic E-state index is 13.3. The Bertz CT molecular complexity index is 614. The molecule has 1 aliphatic carbocycles. The minimum atomic E-state index is -0.468. The van der Waals surface area contributed by atoms with E-state index in [1.165, 1.54) is 0 Å².